The molecule has 9 heavy (non-hydrogen) atoms. The molecule has 4 nitrogen and oxygen atoms in total. The Morgan fingerprint density at radius 3 is 2.11 bits per heavy atom. The minimum absolute atomic E-state index is 0.829. The SMILES string of the molecule is CC(O)C=C(O)C(=O)O. The largest absolute Gasteiger partial charge is 0.502 e. The van der Waals surface area contributed by atoms with E-state index in [0.29, 0.717) is 0 Å². The highest BCUT2D eigenvalue weighted by Crippen LogP contribution is 1.90. The quantitative estimate of drug-likeness (QED) is 0.362. The van der Waals surface area contributed by atoms with Crippen LogP contribution in [-0.2, 0) is 4.79 Å². The first-order valence-corrected chi connectivity index (χ1v) is 2.36. The molecule has 0 aromatic rings. The number of carboxylic acids is 1. The predicted octanol–water partition coefficient (Wildman–Crippen LogP) is -0.106. The summed E-state index contributed by atoms with van der Waals surface area (Å²) in [6.07, 6.45) is -0.0939. The van der Waals surface area contributed by atoms with Crippen molar-refractivity contribution in [3.63, 3.8) is 0 Å². The Hall–Kier alpha value is -1.03. The van der Waals surface area contributed by atoms with Crippen molar-refractivity contribution >= 4 is 5.97 Å². The molecule has 0 bridgehead atoms. The van der Waals surface area contributed by atoms with Gasteiger partial charge in [0.1, 0.15) is 0 Å². The van der Waals surface area contributed by atoms with Gasteiger partial charge in [-0.2, -0.15) is 0 Å². The monoisotopic (exact) mass is 132 g/mol. The topological polar surface area (TPSA) is 77.8 Å². The van der Waals surface area contributed by atoms with Crippen LogP contribution in [0.5, 0.6) is 0 Å². The van der Waals surface area contributed by atoms with E-state index in [1.165, 1.54) is 6.92 Å². The molecule has 52 valence electrons. The molecule has 0 radical (unpaired) electrons. The van der Waals surface area contributed by atoms with Gasteiger partial charge in [0.2, 0.25) is 0 Å². The third-order valence-corrected chi connectivity index (χ3v) is 0.618. The Balaban J connectivity index is 4.00. The van der Waals surface area contributed by atoms with Crippen LogP contribution in [0, 0.1) is 0 Å². The summed E-state index contributed by atoms with van der Waals surface area (Å²) in [6.45, 7) is 1.35. The zero-order chi connectivity index (χ0) is 7.44. The number of rotatable bonds is 2. The van der Waals surface area contributed by atoms with Gasteiger partial charge >= 0.3 is 5.97 Å². The van der Waals surface area contributed by atoms with E-state index in [-0.39, 0.29) is 0 Å². The molecule has 0 saturated carbocycles. The molecule has 1 atom stereocenters. The van der Waals surface area contributed by atoms with Crippen LogP contribution >= 0.6 is 0 Å². The van der Waals surface area contributed by atoms with Crippen LogP contribution in [-0.4, -0.2) is 27.4 Å². The Labute approximate surface area is 52.1 Å². The fraction of sp³-hybridized carbons (Fsp3) is 0.400. The van der Waals surface area contributed by atoms with Gasteiger partial charge in [-0.1, -0.05) is 0 Å². The molecule has 0 heterocycles. The van der Waals surface area contributed by atoms with Crippen molar-refractivity contribution in [1.82, 2.24) is 0 Å². The Kier molecular flexibility index (Phi) is 2.73. The molecule has 0 aliphatic heterocycles. The van der Waals surface area contributed by atoms with Gasteiger partial charge in [-0.3, -0.25) is 0 Å². The highest BCUT2D eigenvalue weighted by atomic mass is 16.4. The molecule has 0 fully saturated rings. The number of aliphatic hydroxyl groups excluding tert-OH is 2. The van der Waals surface area contributed by atoms with E-state index >= 15 is 0 Å². The first-order chi connectivity index (χ1) is 4.04. The molecule has 0 saturated heterocycles. The second-order valence-electron chi connectivity index (χ2n) is 1.60. The van der Waals surface area contributed by atoms with Crippen molar-refractivity contribution in [2.24, 2.45) is 0 Å². The van der Waals surface area contributed by atoms with Crippen LogP contribution < -0.4 is 0 Å². The van der Waals surface area contributed by atoms with Gasteiger partial charge in [0.15, 0.2) is 5.76 Å². The molecule has 0 aliphatic carbocycles. The molecule has 3 N–H and O–H groups in total. The molecule has 0 aliphatic rings. The third-order valence-electron chi connectivity index (χ3n) is 0.618. The summed E-state index contributed by atoms with van der Waals surface area (Å²) < 4.78 is 0. The Morgan fingerprint density at radius 1 is 1.56 bits per heavy atom. The number of aliphatic hydroxyl groups is 2. The summed E-state index contributed by atoms with van der Waals surface area (Å²) in [6, 6.07) is 0. The summed E-state index contributed by atoms with van der Waals surface area (Å²) in [5.74, 6) is -2.26. The molecule has 0 amide bonds. The summed E-state index contributed by atoms with van der Waals surface area (Å²) in [5, 5.41) is 24.9. The molecular formula is C5H8O4. The van der Waals surface area contributed by atoms with Crippen molar-refractivity contribution in [3.8, 4) is 0 Å². The molecule has 0 spiro atoms. The Bertz CT molecular complexity index is 136. The maximum atomic E-state index is 9.81. The van der Waals surface area contributed by atoms with Gasteiger partial charge in [-0.15, -0.1) is 0 Å². The second-order valence-corrected chi connectivity index (χ2v) is 1.60. The van der Waals surface area contributed by atoms with Crippen molar-refractivity contribution in [2.45, 2.75) is 13.0 Å². The minimum atomic E-state index is -1.43. The maximum absolute atomic E-state index is 9.81. The lowest BCUT2D eigenvalue weighted by Gasteiger charge is -1.93. The fourth-order valence-electron chi connectivity index (χ4n) is 0.300. The van der Waals surface area contributed by atoms with E-state index in [2.05, 4.69) is 0 Å². The summed E-state index contributed by atoms with van der Waals surface area (Å²) >= 11 is 0. The van der Waals surface area contributed by atoms with Gasteiger partial charge in [-0.25, -0.2) is 4.79 Å². The smallest absolute Gasteiger partial charge is 0.370 e. The zero-order valence-electron chi connectivity index (χ0n) is 4.90. The van der Waals surface area contributed by atoms with Crippen molar-refractivity contribution < 1.29 is 20.1 Å². The molecule has 0 aromatic heterocycles. The van der Waals surface area contributed by atoms with Crippen molar-refractivity contribution in [3.05, 3.63) is 11.8 Å². The summed E-state index contributed by atoms with van der Waals surface area (Å²) in [5.41, 5.74) is 0. The Morgan fingerprint density at radius 2 is 2.00 bits per heavy atom. The van der Waals surface area contributed by atoms with Gasteiger partial charge in [0, 0.05) is 0 Å². The van der Waals surface area contributed by atoms with E-state index in [1.54, 1.807) is 0 Å². The average Bonchev–Trinajstić information content (AvgIpc) is 1.63. The van der Waals surface area contributed by atoms with Crippen LogP contribution in [0.3, 0.4) is 0 Å². The maximum Gasteiger partial charge on any atom is 0.370 e. The standard InChI is InChI=1S/C5H8O4/c1-3(6)2-4(7)5(8)9/h2-3,6-7H,1H3,(H,8,9). The van der Waals surface area contributed by atoms with Gasteiger partial charge in [-0.05, 0) is 13.0 Å². The highest BCUT2D eigenvalue weighted by Gasteiger charge is 2.03. The van der Waals surface area contributed by atoms with E-state index in [4.69, 9.17) is 15.3 Å². The highest BCUT2D eigenvalue weighted by molar-refractivity contribution is 5.83. The summed E-state index contributed by atoms with van der Waals surface area (Å²) in [7, 11) is 0. The molecule has 0 aromatic carbocycles. The average molecular weight is 132 g/mol. The molecule has 1 unspecified atom stereocenters. The lowest BCUT2D eigenvalue weighted by atomic mass is 10.3. The van der Waals surface area contributed by atoms with Crippen LogP contribution in [0.1, 0.15) is 6.92 Å². The zero-order valence-corrected chi connectivity index (χ0v) is 4.90. The van der Waals surface area contributed by atoms with Crippen LogP contribution in [0.25, 0.3) is 0 Å². The van der Waals surface area contributed by atoms with E-state index in [0.717, 1.165) is 6.08 Å². The predicted molar refractivity (Wildman–Crippen MR) is 30.0 cm³/mol. The van der Waals surface area contributed by atoms with Crippen LogP contribution in [0.2, 0.25) is 0 Å². The van der Waals surface area contributed by atoms with E-state index < -0.39 is 17.8 Å². The first kappa shape index (κ1) is 7.97. The van der Waals surface area contributed by atoms with E-state index in [9.17, 15) is 4.79 Å². The normalized spacial score (nSPS) is 15.1. The molecular weight excluding hydrogens is 124 g/mol. The minimum Gasteiger partial charge on any atom is -0.502 e. The van der Waals surface area contributed by atoms with Crippen molar-refractivity contribution in [2.75, 3.05) is 0 Å². The second kappa shape index (κ2) is 3.09. The third kappa shape index (κ3) is 3.54. The summed E-state index contributed by atoms with van der Waals surface area (Å²) in [4.78, 5) is 9.81. The number of aliphatic carboxylic acids is 1. The van der Waals surface area contributed by atoms with Gasteiger partial charge in [0.05, 0.1) is 6.10 Å². The number of hydrogen-bond donors (Lipinski definition) is 3. The van der Waals surface area contributed by atoms with Crippen LogP contribution in [0.15, 0.2) is 11.8 Å². The number of carboxylic acid groups (broad SMARTS) is 1. The van der Waals surface area contributed by atoms with Gasteiger partial charge < -0.3 is 15.3 Å². The lowest BCUT2D eigenvalue weighted by molar-refractivity contribution is -0.135. The molecule has 0 rings (SSSR count). The first-order valence-electron chi connectivity index (χ1n) is 2.36. The fourth-order valence-corrected chi connectivity index (χ4v) is 0.300. The molecule has 4 heteroatoms. The van der Waals surface area contributed by atoms with Crippen LogP contribution in [0.4, 0.5) is 0 Å². The number of carbonyl (C=O) groups is 1. The number of hydrogen-bond acceptors (Lipinski definition) is 3. The van der Waals surface area contributed by atoms with Crippen molar-refractivity contribution in [1.29, 1.82) is 0 Å². The van der Waals surface area contributed by atoms with Gasteiger partial charge in [0.25, 0.3) is 0 Å². The van der Waals surface area contributed by atoms with E-state index in [1.807, 2.05) is 0 Å². The lowest BCUT2D eigenvalue weighted by Crippen LogP contribution is -2.03.